The first-order valence-electron chi connectivity index (χ1n) is 7.89. The van der Waals surface area contributed by atoms with Crippen LogP contribution in [0.1, 0.15) is 35.3 Å². The SMILES string of the molecule is CCNC(=NCc1csc(CC)n1)NCCc1nc(C(F)(F)F)cs1. The van der Waals surface area contributed by atoms with E-state index in [2.05, 4.69) is 32.5 Å². The lowest BCUT2D eigenvalue weighted by Gasteiger charge is -2.10. The highest BCUT2D eigenvalue weighted by atomic mass is 32.1. The summed E-state index contributed by atoms with van der Waals surface area (Å²) in [7, 11) is 0. The van der Waals surface area contributed by atoms with Gasteiger partial charge in [0.25, 0.3) is 0 Å². The van der Waals surface area contributed by atoms with Crippen LogP contribution in [-0.4, -0.2) is 29.0 Å². The lowest BCUT2D eigenvalue weighted by atomic mass is 10.4. The first-order chi connectivity index (χ1) is 11.9. The van der Waals surface area contributed by atoms with Crippen LogP contribution in [0.5, 0.6) is 0 Å². The molecule has 10 heteroatoms. The van der Waals surface area contributed by atoms with Gasteiger partial charge in [0.05, 0.1) is 22.3 Å². The molecule has 0 amide bonds. The van der Waals surface area contributed by atoms with Crippen LogP contribution in [-0.2, 0) is 25.6 Å². The molecule has 2 aromatic heterocycles. The van der Waals surface area contributed by atoms with E-state index in [1.54, 1.807) is 11.3 Å². The second kappa shape index (κ2) is 9.14. The Bertz CT molecular complexity index is 693. The number of halogens is 3. The van der Waals surface area contributed by atoms with Gasteiger partial charge in [0.2, 0.25) is 0 Å². The van der Waals surface area contributed by atoms with E-state index in [-0.39, 0.29) is 0 Å². The summed E-state index contributed by atoms with van der Waals surface area (Å²) in [6, 6.07) is 0. The van der Waals surface area contributed by atoms with Crippen LogP contribution in [0.15, 0.2) is 15.8 Å². The van der Waals surface area contributed by atoms with Crippen molar-refractivity contribution in [3.63, 3.8) is 0 Å². The number of thiazole rings is 2. The number of nitrogens with one attached hydrogen (secondary N) is 2. The van der Waals surface area contributed by atoms with E-state index in [4.69, 9.17) is 0 Å². The van der Waals surface area contributed by atoms with Gasteiger partial charge in [0.1, 0.15) is 0 Å². The number of guanidine groups is 1. The maximum absolute atomic E-state index is 12.5. The fraction of sp³-hybridized carbons (Fsp3) is 0.533. The zero-order chi connectivity index (χ0) is 18.3. The largest absolute Gasteiger partial charge is 0.434 e. The van der Waals surface area contributed by atoms with Crippen molar-refractivity contribution in [2.24, 2.45) is 4.99 Å². The molecule has 0 fully saturated rings. The first-order valence-corrected chi connectivity index (χ1v) is 9.65. The molecule has 0 aromatic carbocycles. The molecule has 0 unspecified atom stereocenters. The highest BCUT2D eigenvalue weighted by Crippen LogP contribution is 2.29. The number of hydrogen-bond acceptors (Lipinski definition) is 5. The Labute approximate surface area is 152 Å². The zero-order valence-corrected chi connectivity index (χ0v) is 15.6. The Kier molecular flexibility index (Phi) is 7.18. The Morgan fingerprint density at radius 3 is 2.48 bits per heavy atom. The summed E-state index contributed by atoms with van der Waals surface area (Å²) >= 11 is 2.63. The van der Waals surface area contributed by atoms with E-state index in [0.717, 1.165) is 33.8 Å². The van der Waals surface area contributed by atoms with E-state index in [9.17, 15) is 13.2 Å². The quantitative estimate of drug-likeness (QED) is 0.560. The normalized spacial score (nSPS) is 12.4. The number of alkyl halides is 3. The molecular weight excluding hydrogens is 371 g/mol. The highest BCUT2D eigenvalue weighted by molar-refractivity contribution is 7.09. The minimum Gasteiger partial charge on any atom is -0.357 e. The number of aryl methyl sites for hydroxylation is 1. The molecule has 5 nitrogen and oxygen atoms in total. The van der Waals surface area contributed by atoms with Crippen LogP contribution < -0.4 is 10.6 Å². The van der Waals surface area contributed by atoms with Gasteiger partial charge in [0, 0.05) is 30.3 Å². The van der Waals surface area contributed by atoms with Crippen LogP contribution >= 0.6 is 22.7 Å². The average molecular weight is 391 g/mol. The third kappa shape index (κ3) is 6.28. The number of rotatable bonds is 7. The van der Waals surface area contributed by atoms with Gasteiger partial charge in [-0.25, -0.2) is 15.0 Å². The summed E-state index contributed by atoms with van der Waals surface area (Å²) in [4.78, 5) is 12.5. The fourth-order valence-electron chi connectivity index (χ4n) is 1.93. The summed E-state index contributed by atoms with van der Waals surface area (Å²) < 4.78 is 37.6. The van der Waals surface area contributed by atoms with E-state index < -0.39 is 11.9 Å². The van der Waals surface area contributed by atoms with E-state index in [1.807, 2.05) is 12.3 Å². The second-order valence-electron chi connectivity index (χ2n) is 5.08. The van der Waals surface area contributed by atoms with Crippen molar-refractivity contribution in [3.05, 3.63) is 32.2 Å². The summed E-state index contributed by atoms with van der Waals surface area (Å²) in [5, 5.41) is 10.8. The third-order valence-electron chi connectivity index (χ3n) is 3.12. The summed E-state index contributed by atoms with van der Waals surface area (Å²) in [5.74, 6) is 0.612. The molecule has 0 atom stereocenters. The highest BCUT2D eigenvalue weighted by Gasteiger charge is 2.33. The van der Waals surface area contributed by atoms with Crippen molar-refractivity contribution < 1.29 is 13.2 Å². The minimum absolute atomic E-state index is 0.405. The van der Waals surface area contributed by atoms with Crippen molar-refractivity contribution in [3.8, 4) is 0 Å². The molecule has 2 heterocycles. The van der Waals surface area contributed by atoms with Crippen LogP contribution in [0.3, 0.4) is 0 Å². The number of aliphatic imine (C=N–C) groups is 1. The van der Waals surface area contributed by atoms with Crippen molar-refractivity contribution in [2.45, 2.75) is 39.4 Å². The van der Waals surface area contributed by atoms with Crippen LogP contribution in [0.4, 0.5) is 13.2 Å². The van der Waals surface area contributed by atoms with Gasteiger partial charge in [-0.1, -0.05) is 6.92 Å². The lowest BCUT2D eigenvalue weighted by Crippen LogP contribution is -2.38. The number of nitrogens with zero attached hydrogens (tertiary/aromatic N) is 3. The van der Waals surface area contributed by atoms with Gasteiger partial charge < -0.3 is 10.6 Å². The maximum atomic E-state index is 12.5. The van der Waals surface area contributed by atoms with Crippen molar-refractivity contribution >= 4 is 28.6 Å². The molecule has 2 N–H and O–H groups in total. The standard InChI is InChI=1S/C15H20F3N5S2/c1-3-12-22-10(8-24-12)7-21-14(19-4-2)20-6-5-13-23-11(9-25-13)15(16,17)18/h8-9H,3-7H2,1-2H3,(H2,19,20,21). The Hall–Kier alpha value is -1.68. The predicted molar refractivity (Wildman–Crippen MR) is 95.1 cm³/mol. The first kappa shape index (κ1) is 19.6. The Balaban J connectivity index is 1.86. The van der Waals surface area contributed by atoms with E-state index in [0.29, 0.717) is 37.0 Å². The fourth-order valence-corrected chi connectivity index (χ4v) is 3.47. The minimum atomic E-state index is -4.39. The monoisotopic (exact) mass is 391 g/mol. The van der Waals surface area contributed by atoms with Crippen molar-refractivity contribution in [1.29, 1.82) is 0 Å². The lowest BCUT2D eigenvalue weighted by molar-refractivity contribution is -0.140. The molecule has 0 aliphatic rings. The summed E-state index contributed by atoms with van der Waals surface area (Å²) in [5.41, 5.74) is 0.0807. The summed E-state index contributed by atoms with van der Waals surface area (Å²) in [6.45, 7) is 5.61. The molecule has 0 saturated heterocycles. The molecule has 0 saturated carbocycles. The topological polar surface area (TPSA) is 62.2 Å². The molecule has 0 spiro atoms. The molecule has 0 aliphatic heterocycles. The van der Waals surface area contributed by atoms with E-state index in [1.165, 1.54) is 0 Å². The van der Waals surface area contributed by atoms with Gasteiger partial charge >= 0.3 is 6.18 Å². The molecule has 138 valence electrons. The van der Waals surface area contributed by atoms with Gasteiger partial charge in [-0.3, -0.25) is 0 Å². The van der Waals surface area contributed by atoms with Gasteiger partial charge in [0.15, 0.2) is 11.7 Å². The van der Waals surface area contributed by atoms with Gasteiger partial charge in [-0.2, -0.15) is 13.2 Å². The van der Waals surface area contributed by atoms with Gasteiger partial charge in [-0.05, 0) is 13.3 Å². The molecule has 2 aromatic rings. The smallest absolute Gasteiger partial charge is 0.357 e. The molecule has 2 rings (SSSR count). The van der Waals surface area contributed by atoms with Crippen molar-refractivity contribution in [1.82, 2.24) is 20.6 Å². The Morgan fingerprint density at radius 2 is 1.88 bits per heavy atom. The van der Waals surface area contributed by atoms with Gasteiger partial charge in [-0.15, -0.1) is 22.7 Å². The predicted octanol–water partition coefficient (Wildman–Crippen LogP) is 3.48. The molecule has 0 bridgehead atoms. The zero-order valence-electron chi connectivity index (χ0n) is 14.0. The van der Waals surface area contributed by atoms with Crippen LogP contribution in [0, 0.1) is 0 Å². The molecule has 0 aliphatic carbocycles. The third-order valence-corrected chi connectivity index (χ3v) is 5.07. The Morgan fingerprint density at radius 1 is 1.12 bits per heavy atom. The maximum Gasteiger partial charge on any atom is 0.434 e. The van der Waals surface area contributed by atoms with Crippen LogP contribution in [0.25, 0.3) is 0 Å². The molecule has 25 heavy (non-hydrogen) atoms. The number of aromatic nitrogens is 2. The average Bonchev–Trinajstić information content (AvgIpc) is 3.21. The molecular formula is C15H20F3N5S2. The number of hydrogen-bond donors (Lipinski definition) is 2. The van der Waals surface area contributed by atoms with E-state index >= 15 is 0 Å². The van der Waals surface area contributed by atoms with Crippen molar-refractivity contribution in [2.75, 3.05) is 13.1 Å². The molecule has 0 radical (unpaired) electrons. The van der Waals surface area contributed by atoms with Crippen LogP contribution in [0.2, 0.25) is 0 Å². The summed E-state index contributed by atoms with van der Waals surface area (Å²) in [6.07, 6.45) is -3.08. The second-order valence-corrected chi connectivity index (χ2v) is 6.97.